The molecule has 42 heavy (non-hydrogen) atoms. The number of hydrogen-bond donors (Lipinski definition) is 4. The maximum atomic E-state index is 12.5. The van der Waals surface area contributed by atoms with Crippen LogP contribution in [0.3, 0.4) is 0 Å². The van der Waals surface area contributed by atoms with Gasteiger partial charge in [-0.2, -0.15) is 0 Å². The SMILES string of the molecule is CCCCCCCCCCCOc1cccc(CCC(=O)NC[C@@H](O)COP(=O)(OC)OC[C@H](NC(C)=O)C(=O)O)c1. The molecule has 12 nitrogen and oxygen atoms in total. The van der Waals surface area contributed by atoms with Crippen LogP contribution < -0.4 is 15.4 Å². The minimum atomic E-state index is -4.22. The van der Waals surface area contributed by atoms with Gasteiger partial charge in [-0.15, -0.1) is 0 Å². The van der Waals surface area contributed by atoms with Crippen molar-refractivity contribution in [2.75, 3.05) is 33.5 Å². The van der Waals surface area contributed by atoms with E-state index in [-0.39, 0.29) is 18.9 Å². The quantitative estimate of drug-likeness (QED) is 0.0913. The van der Waals surface area contributed by atoms with Crippen molar-refractivity contribution in [3.63, 3.8) is 0 Å². The first-order valence-corrected chi connectivity index (χ1v) is 16.2. The Labute approximate surface area is 249 Å². The average Bonchev–Trinajstić information content (AvgIpc) is 2.97. The summed E-state index contributed by atoms with van der Waals surface area (Å²) in [6, 6.07) is 6.17. The molecular weight excluding hydrogens is 567 g/mol. The van der Waals surface area contributed by atoms with E-state index in [4.69, 9.17) is 23.4 Å². The highest BCUT2D eigenvalue weighted by molar-refractivity contribution is 7.48. The van der Waals surface area contributed by atoms with E-state index in [1.165, 1.54) is 44.9 Å². The van der Waals surface area contributed by atoms with Crippen molar-refractivity contribution < 1.29 is 47.5 Å². The molecule has 0 aromatic heterocycles. The molecule has 0 spiro atoms. The van der Waals surface area contributed by atoms with Crippen LogP contribution in [0.2, 0.25) is 0 Å². The molecule has 0 aliphatic carbocycles. The van der Waals surface area contributed by atoms with Crippen LogP contribution in [-0.4, -0.2) is 73.6 Å². The van der Waals surface area contributed by atoms with Gasteiger partial charge in [-0.3, -0.25) is 23.2 Å². The van der Waals surface area contributed by atoms with Gasteiger partial charge in [0.2, 0.25) is 11.8 Å². The third-order valence-corrected chi connectivity index (χ3v) is 7.69. The second-order valence-electron chi connectivity index (χ2n) is 10.1. The Morgan fingerprint density at radius 3 is 2.24 bits per heavy atom. The summed E-state index contributed by atoms with van der Waals surface area (Å²) >= 11 is 0. The number of rotatable bonds is 25. The Balaban J connectivity index is 2.29. The summed E-state index contributed by atoms with van der Waals surface area (Å²) in [7, 11) is -3.19. The average molecular weight is 617 g/mol. The number of phosphoric acid groups is 1. The number of carboxylic acid groups (broad SMARTS) is 1. The monoisotopic (exact) mass is 616 g/mol. The Hall–Kier alpha value is -2.50. The van der Waals surface area contributed by atoms with E-state index in [1.807, 2.05) is 24.3 Å². The number of amides is 2. The summed E-state index contributed by atoms with van der Waals surface area (Å²) in [5.41, 5.74) is 0.954. The van der Waals surface area contributed by atoms with E-state index < -0.39 is 45.1 Å². The number of carboxylic acids is 1. The van der Waals surface area contributed by atoms with Gasteiger partial charge in [0.15, 0.2) is 6.04 Å². The zero-order valence-corrected chi connectivity index (χ0v) is 26.1. The minimum Gasteiger partial charge on any atom is -0.494 e. The van der Waals surface area contributed by atoms with Gasteiger partial charge in [0.05, 0.1) is 25.9 Å². The summed E-state index contributed by atoms with van der Waals surface area (Å²) in [5.74, 6) is -1.53. The molecule has 1 aromatic rings. The summed E-state index contributed by atoms with van der Waals surface area (Å²) in [4.78, 5) is 34.6. The van der Waals surface area contributed by atoms with E-state index in [1.54, 1.807) is 0 Å². The molecule has 0 heterocycles. The molecule has 240 valence electrons. The van der Waals surface area contributed by atoms with E-state index >= 15 is 0 Å². The smallest absolute Gasteiger partial charge is 0.474 e. The predicted octanol–water partition coefficient (Wildman–Crippen LogP) is 4.38. The molecule has 0 aliphatic heterocycles. The molecule has 0 fully saturated rings. The van der Waals surface area contributed by atoms with Gasteiger partial charge in [-0.1, -0.05) is 70.4 Å². The molecule has 1 unspecified atom stereocenters. The highest BCUT2D eigenvalue weighted by Gasteiger charge is 2.30. The molecule has 3 atom stereocenters. The van der Waals surface area contributed by atoms with Gasteiger partial charge in [-0.25, -0.2) is 9.36 Å². The number of aliphatic hydroxyl groups is 1. The van der Waals surface area contributed by atoms with E-state index in [9.17, 15) is 24.1 Å². The zero-order chi connectivity index (χ0) is 31.2. The first-order chi connectivity index (χ1) is 20.1. The van der Waals surface area contributed by atoms with Crippen LogP contribution in [0.1, 0.15) is 83.6 Å². The molecule has 13 heteroatoms. The number of hydrogen-bond acceptors (Lipinski definition) is 9. The Bertz CT molecular complexity index is 977. The van der Waals surface area contributed by atoms with Crippen molar-refractivity contribution in [2.45, 2.75) is 96.6 Å². The second-order valence-corrected chi connectivity index (χ2v) is 11.9. The van der Waals surface area contributed by atoms with Crippen LogP contribution in [0.4, 0.5) is 0 Å². The number of carbonyl (C=O) groups is 3. The first kappa shape index (κ1) is 37.5. The highest BCUT2D eigenvalue weighted by Crippen LogP contribution is 2.48. The maximum absolute atomic E-state index is 12.5. The fourth-order valence-corrected chi connectivity index (χ4v) is 4.91. The highest BCUT2D eigenvalue weighted by atomic mass is 31.2. The number of aliphatic carboxylic acids is 1. The van der Waals surface area contributed by atoms with Crippen molar-refractivity contribution in [3.8, 4) is 5.75 Å². The Morgan fingerprint density at radius 1 is 0.976 bits per heavy atom. The van der Waals surface area contributed by atoms with E-state index in [2.05, 4.69) is 17.6 Å². The standard InChI is InChI=1S/C29H49N2O10P/c1-4-5-6-7-8-9-10-11-12-18-39-26-15-13-14-24(19-26)16-17-28(34)30-20-25(33)21-40-42(37,38-3)41-22-27(29(35)36)31-23(2)32/h13-15,19,25,27,33H,4-12,16-18,20-22H2,1-3H3,(H,30,34)(H,31,32)(H,35,36)/t25-,27+,42?/m1/s1. The summed E-state index contributed by atoms with van der Waals surface area (Å²) in [6.07, 6.45) is 10.7. The minimum absolute atomic E-state index is 0.173. The van der Waals surface area contributed by atoms with Crippen LogP contribution >= 0.6 is 7.82 Å². The van der Waals surface area contributed by atoms with Crippen molar-refractivity contribution in [1.82, 2.24) is 10.6 Å². The molecule has 0 radical (unpaired) electrons. The van der Waals surface area contributed by atoms with Crippen molar-refractivity contribution in [1.29, 1.82) is 0 Å². The lowest BCUT2D eigenvalue weighted by Crippen LogP contribution is -2.42. The predicted molar refractivity (Wildman–Crippen MR) is 158 cm³/mol. The van der Waals surface area contributed by atoms with Crippen LogP contribution in [0.5, 0.6) is 5.75 Å². The molecule has 1 aromatic carbocycles. The van der Waals surface area contributed by atoms with Crippen LogP contribution in [-0.2, 0) is 38.9 Å². The molecule has 4 N–H and O–H groups in total. The van der Waals surface area contributed by atoms with Gasteiger partial charge in [0.1, 0.15) is 5.75 Å². The number of carbonyl (C=O) groups excluding carboxylic acids is 2. The van der Waals surface area contributed by atoms with Gasteiger partial charge in [-0.05, 0) is 30.5 Å². The molecule has 2 amide bonds. The largest absolute Gasteiger partial charge is 0.494 e. The van der Waals surface area contributed by atoms with Crippen molar-refractivity contribution in [2.24, 2.45) is 0 Å². The Morgan fingerprint density at radius 2 is 1.62 bits per heavy atom. The number of unbranched alkanes of at least 4 members (excludes halogenated alkanes) is 8. The third-order valence-electron chi connectivity index (χ3n) is 6.31. The topological polar surface area (TPSA) is 170 Å². The first-order valence-electron chi connectivity index (χ1n) is 14.7. The molecular formula is C29H49N2O10P. The third kappa shape index (κ3) is 18.1. The van der Waals surface area contributed by atoms with Gasteiger partial charge in [0, 0.05) is 27.0 Å². The van der Waals surface area contributed by atoms with Crippen LogP contribution in [0.15, 0.2) is 24.3 Å². The fraction of sp³-hybridized carbons (Fsp3) is 0.690. The lowest BCUT2D eigenvalue weighted by atomic mass is 10.1. The number of nitrogens with one attached hydrogen (secondary N) is 2. The zero-order valence-electron chi connectivity index (χ0n) is 25.2. The van der Waals surface area contributed by atoms with E-state index in [0.717, 1.165) is 38.2 Å². The van der Waals surface area contributed by atoms with E-state index in [0.29, 0.717) is 13.0 Å². The molecule has 0 bridgehead atoms. The number of aryl methyl sites for hydroxylation is 1. The van der Waals surface area contributed by atoms with Crippen molar-refractivity contribution in [3.05, 3.63) is 29.8 Å². The second kappa shape index (κ2) is 22.1. The van der Waals surface area contributed by atoms with Crippen LogP contribution in [0.25, 0.3) is 0 Å². The summed E-state index contributed by atoms with van der Waals surface area (Å²) in [6.45, 7) is 2.65. The lowest BCUT2D eigenvalue weighted by molar-refractivity contribution is -0.142. The lowest BCUT2D eigenvalue weighted by Gasteiger charge is -2.20. The number of ether oxygens (including phenoxy) is 1. The number of phosphoric ester groups is 1. The fourth-order valence-electron chi connectivity index (χ4n) is 3.94. The van der Waals surface area contributed by atoms with Gasteiger partial charge >= 0.3 is 13.8 Å². The summed E-state index contributed by atoms with van der Waals surface area (Å²) in [5, 5.41) is 23.9. The molecule has 1 rings (SSSR count). The maximum Gasteiger partial charge on any atom is 0.474 e. The number of benzene rings is 1. The Kier molecular flexibility index (Phi) is 19.7. The van der Waals surface area contributed by atoms with Gasteiger partial charge in [0.25, 0.3) is 0 Å². The summed E-state index contributed by atoms with van der Waals surface area (Å²) < 4.78 is 33.1. The van der Waals surface area contributed by atoms with Gasteiger partial charge < -0.3 is 25.6 Å². The van der Waals surface area contributed by atoms with Crippen LogP contribution in [0, 0.1) is 0 Å². The molecule has 0 aliphatic rings. The normalized spacial score (nSPS) is 14.0. The number of aliphatic hydroxyl groups excluding tert-OH is 1. The molecule has 0 saturated carbocycles. The molecule has 0 saturated heterocycles. The van der Waals surface area contributed by atoms with Crippen molar-refractivity contribution >= 4 is 25.6 Å².